The highest BCUT2D eigenvalue weighted by Gasteiger charge is 2.42. The van der Waals surface area contributed by atoms with E-state index in [0.29, 0.717) is 10.1 Å². The molecule has 0 radical (unpaired) electrons. The third-order valence-corrected chi connectivity index (χ3v) is 6.67. The van der Waals surface area contributed by atoms with Crippen LogP contribution in [0.3, 0.4) is 0 Å². The van der Waals surface area contributed by atoms with Gasteiger partial charge in [0.25, 0.3) is 0 Å². The number of hydrogen-bond donors (Lipinski definition) is 2. The molecule has 1 aliphatic heterocycles. The molecule has 4 aromatic rings. The molecule has 2 N–H and O–H groups in total. The Balaban J connectivity index is 1.67. The van der Waals surface area contributed by atoms with Gasteiger partial charge in [0.15, 0.2) is 5.11 Å². The summed E-state index contributed by atoms with van der Waals surface area (Å²) in [5.41, 5.74) is 6.27. The first kappa shape index (κ1) is 21.5. The highest BCUT2D eigenvalue weighted by molar-refractivity contribution is 7.80. The van der Waals surface area contributed by atoms with Crippen molar-refractivity contribution in [3.05, 3.63) is 107 Å². The van der Waals surface area contributed by atoms with Crippen molar-refractivity contribution in [1.29, 1.82) is 0 Å². The molecule has 0 saturated carbocycles. The Bertz CT molecular complexity index is 1300. The van der Waals surface area contributed by atoms with Crippen LogP contribution in [0.5, 0.6) is 5.75 Å². The van der Waals surface area contributed by atoms with Gasteiger partial charge in [-0.3, -0.25) is 4.98 Å². The van der Waals surface area contributed by atoms with Crippen molar-refractivity contribution in [1.82, 2.24) is 14.9 Å². The monoisotopic (exact) mass is 474 g/mol. The van der Waals surface area contributed by atoms with E-state index >= 15 is 0 Å². The highest BCUT2D eigenvalue weighted by Crippen LogP contribution is 2.44. The maximum Gasteiger partial charge on any atom is 0.174 e. The number of phenols is 1. The highest BCUT2D eigenvalue weighted by atomic mass is 35.5. The minimum absolute atomic E-state index is 0.121. The third kappa shape index (κ3) is 3.86. The molecular weight excluding hydrogens is 452 g/mol. The van der Waals surface area contributed by atoms with E-state index < -0.39 is 0 Å². The van der Waals surface area contributed by atoms with E-state index in [-0.39, 0.29) is 17.8 Å². The van der Waals surface area contributed by atoms with Gasteiger partial charge in [-0.1, -0.05) is 17.7 Å². The number of nitrogens with zero attached hydrogens (tertiary/aromatic N) is 3. The van der Waals surface area contributed by atoms with Gasteiger partial charge in [0.1, 0.15) is 5.75 Å². The molecule has 2 aromatic heterocycles. The van der Waals surface area contributed by atoms with Gasteiger partial charge in [-0.25, -0.2) is 0 Å². The molecule has 5 rings (SSSR count). The first-order chi connectivity index (χ1) is 15.9. The average Bonchev–Trinajstić information content (AvgIpc) is 3.31. The standard InChI is InChI=1S/C26H23ClN4OS/c1-16-15-22(17(2)30(16)19-8-6-18(27)7-9-19)25-24(23-5-3-4-14-28-23)29-26(33)31(25)20-10-12-21(32)13-11-20/h3-15,24-25,32H,1-2H3,(H,29,33)/t24-,25-/m1/s1. The summed E-state index contributed by atoms with van der Waals surface area (Å²) in [6.45, 7) is 4.23. The predicted molar refractivity (Wildman–Crippen MR) is 136 cm³/mol. The molecular formula is C26H23ClN4OS. The van der Waals surface area contributed by atoms with E-state index in [4.69, 9.17) is 23.8 Å². The molecule has 0 spiro atoms. The maximum absolute atomic E-state index is 9.82. The van der Waals surface area contributed by atoms with Crippen LogP contribution in [0.25, 0.3) is 5.69 Å². The average molecular weight is 475 g/mol. The van der Waals surface area contributed by atoms with Crippen LogP contribution < -0.4 is 10.2 Å². The molecule has 0 aliphatic carbocycles. The Morgan fingerprint density at radius 2 is 1.67 bits per heavy atom. The Hall–Kier alpha value is -3.35. The first-order valence-corrected chi connectivity index (χ1v) is 11.5. The largest absolute Gasteiger partial charge is 0.508 e. The smallest absolute Gasteiger partial charge is 0.174 e. The molecule has 0 bridgehead atoms. The summed E-state index contributed by atoms with van der Waals surface area (Å²) >= 11 is 11.9. The van der Waals surface area contributed by atoms with Gasteiger partial charge in [0.05, 0.1) is 17.8 Å². The lowest BCUT2D eigenvalue weighted by Gasteiger charge is -2.28. The molecule has 7 heteroatoms. The van der Waals surface area contributed by atoms with Crippen LogP contribution in [0.2, 0.25) is 5.02 Å². The number of nitrogens with one attached hydrogen (secondary N) is 1. The number of benzene rings is 2. The Kier molecular flexibility index (Phi) is 5.56. The van der Waals surface area contributed by atoms with Gasteiger partial charge < -0.3 is 19.9 Å². The Morgan fingerprint density at radius 1 is 0.970 bits per heavy atom. The molecule has 1 aliphatic rings. The third-order valence-electron chi connectivity index (χ3n) is 6.10. The van der Waals surface area contributed by atoms with Crippen LogP contribution in [0.4, 0.5) is 5.69 Å². The summed E-state index contributed by atoms with van der Waals surface area (Å²) in [6.07, 6.45) is 1.80. The second kappa shape index (κ2) is 8.54. The summed E-state index contributed by atoms with van der Waals surface area (Å²) in [6, 6.07) is 22.9. The fraction of sp³-hybridized carbons (Fsp3) is 0.154. The number of hydrogen-bond acceptors (Lipinski definition) is 3. The van der Waals surface area contributed by atoms with Crippen molar-refractivity contribution >= 4 is 34.6 Å². The number of phenolic OH excluding ortho intramolecular Hbond substituents is 1. The topological polar surface area (TPSA) is 53.3 Å². The van der Waals surface area contributed by atoms with Crippen molar-refractivity contribution < 1.29 is 5.11 Å². The van der Waals surface area contributed by atoms with Crippen LogP contribution in [0, 0.1) is 13.8 Å². The van der Waals surface area contributed by atoms with E-state index in [1.807, 2.05) is 54.6 Å². The van der Waals surface area contributed by atoms with Crippen molar-refractivity contribution in [3.8, 4) is 11.4 Å². The molecule has 166 valence electrons. The molecule has 5 nitrogen and oxygen atoms in total. The fourth-order valence-corrected chi connectivity index (χ4v) is 5.11. The first-order valence-electron chi connectivity index (χ1n) is 10.7. The van der Waals surface area contributed by atoms with Gasteiger partial charge >= 0.3 is 0 Å². The number of rotatable bonds is 4. The van der Waals surface area contributed by atoms with Gasteiger partial charge in [0, 0.05) is 34.0 Å². The van der Waals surface area contributed by atoms with Crippen LogP contribution in [-0.2, 0) is 0 Å². The zero-order valence-corrected chi connectivity index (χ0v) is 19.8. The van der Waals surface area contributed by atoms with E-state index in [1.54, 1.807) is 18.3 Å². The zero-order valence-electron chi connectivity index (χ0n) is 18.2. The van der Waals surface area contributed by atoms with E-state index in [2.05, 4.69) is 39.7 Å². The molecule has 0 unspecified atom stereocenters. The summed E-state index contributed by atoms with van der Waals surface area (Å²) in [7, 11) is 0. The molecule has 2 aromatic carbocycles. The van der Waals surface area contributed by atoms with E-state index in [0.717, 1.165) is 34.0 Å². The van der Waals surface area contributed by atoms with Crippen molar-refractivity contribution in [3.63, 3.8) is 0 Å². The number of halogens is 1. The lowest BCUT2D eigenvalue weighted by molar-refractivity contribution is 0.475. The van der Waals surface area contributed by atoms with E-state index in [9.17, 15) is 5.11 Å². The minimum atomic E-state index is -0.133. The van der Waals surface area contributed by atoms with Crippen LogP contribution >= 0.6 is 23.8 Å². The molecule has 1 fully saturated rings. The van der Waals surface area contributed by atoms with E-state index in [1.165, 1.54) is 0 Å². The van der Waals surface area contributed by atoms with Gasteiger partial charge in [0.2, 0.25) is 0 Å². The van der Waals surface area contributed by atoms with Gasteiger partial charge in [-0.05, 0) is 98.4 Å². The molecule has 2 atom stereocenters. The zero-order chi connectivity index (χ0) is 23.1. The summed E-state index contributed by atoms with van der Waals surface area (Å²) in [5, 5.41) is 14.6. The van der Waals surface area contributed by atoms with Gasteiger partial charge in [-0.2, -0.15) is 0 Å². The lowest BCUT2D eigenvalue weighted by atomic mass is 9.96. The second-order valence-electron chi connectivity index (χ2n) is 8.15. The number of aryl methyl sites for hydroxylation is 1. The number of aromatic hydroxyl groups is 1. The fourth-order valence-electron chi connectivity index (χ4n) is 4.64. The normalized spacial score (nSPS) is 17.9. The number of aromatic nitrogens is 2. The number of pyridine rings is 1. The van der Waals surface area contributed by atoms with Crippen LogP contribution in [0.1, 0.15) is 34.7 Å². The molecule has 1 saturated heterocycles. The van der Waals surface area contributed by atoms with Gasteiger partial charge in [-0.15, -0.1) is 0 Å². The molecule has 0 amide bonds. The quantitative estimate of drug-likeness (QED) is 0.354. The Labute approximate surface area is 203 Å². The molecule has 3 heterocycles. The number of thiocarbonyl (C=S) groups is 1. The van der Waals surface area contributed by atoms with Crippen LogP contribution in [-0.4, -0.2) is 19.8 Å². The second-order valence-corrected chi connectivity index (χ2v) is 8.97. The lowest BCUT2D eigenvalue weighted by Crippen LogP contribution is -2.29. The summed E-state index contributed by atoms with van der Waals surface area (Å²) < 4.78 is 2.23. The summed E-state index contributed by atoms with van der Waals surface area (Å²) in [4.78, 5) is 6.74. The van der Waals surface area contributed by atoms with Crippen LogP contribution in [0.15, 0.2) is 79.0 Å². The maximum atomic E-state index is 9.82. The minimum Gasteiger partial charge on any atom is -0.508 e. The molecule has 33 heavy (non-hydrogen) atoms. The van der Waals surface area contributed by atoms with Crippen molar-refractivity contribution in [2.24, 2.45) is 0 Å². The predicted octanol–water partition coefficient (Wildman–Crippen LogP) is 6.03. The number of anilines is 1. The van der Waals surface area contributed by atoms with Crippen molar-refractivity contribution in [2.75, 3.05) is 4.90 Å². The van der Waals surface area contributed by atoms with Crippen molar-refractivity contribution in [2.45, 2.75) is 25.9 Å². The summed E-state index contributed by atoms with van der Waals surface area (Å²) in [5.74, 6) is 0.218. The SMILES string of the molecule is Cc1cc([C@@H]2[C@@H](c3ccccn3)NC(=S)N2c2ccc(O)cc2)c(C)n1-c1ccc(Cl)cc1. The Morgan fingerprint density at radius 3 is 2.33 bits per heavy atom.